The molecule has 1 aromatic heterocycles. The van der Waals surface area contributed by atoms with Crippen molar-refractivity contribution in [2.45, 2.75) is 33.7 Å². The lowest BCUT2D eigenvalue weighted by molar-refractivity contribution is -0.141. The van der Waals surface area contributed by atoms with Gasteiger partial charge in [-0.2, -0.15) is 0 Å². The molecule has 1 heterocycles. The zero-order valence-electron chi connectivity index (χ0n) is 12.4. The van der Waals surface area contributed by atoms with Crippen molar-refractivity contribution in [1.82, 2.24) is 9.88 Å². The Labute approximate surface area is 117 Å². The minimum atomic E-state index is -0.520. The monoisotopic (exact) mass is 280 g/mol. The highest BCUT2D eigenvalue weighted by molar-refractivity contribution is 5.97. The summed E-state index contributed by atoms with van der Waals surface area (Å²) in [5.41, 5.74) is 0.899. The number of carbonyl (C=O) groups is 2. The van der Waals surface area contributed by atoms with Gasteiger partial charge in [0.05, 0.1) is 7.11 Å². The van der Waals surface area contributed by atoms with Crippen molar-refractivity contribution in [3.05, 3.63) is 33.2 Å². The molecule has 1 rings (SSSR count). The van der Waals surface area contributed by atoms with Gasteiger partial charge in [0.15, 0.2) is 0 Å². The molecule has 0 aliphatic heterocycles. The molecule has 0 aliphatic rings. The van der Waals surface area contributed by atoms with Crippen molar-refractivity contribution in [2.75, 3.05) is 13.7 Å². The van der Waals surface area contributed by atoms with Crippen LogP contribution in [0, 0.1) is 13.8 Å². The predicted octanol–water partition coefficient (Wildman–Crippen LogP) is 1.02. The zero-order valence-corrected chi connectivity index (χ0v) is 12.4. The van der Waals surface area contributed by atoms with E-state index < -0.39 is 17.4 Å². The summed E-state index contributed by atoms with van der Waals surface area (Å²) in [6.07, 6.45) is 0. The van der Waals surface area contributed by atoms with E-state index >= 15 is 0 Å². The van der Waals surface area contributed by atoms with Gasteiger partial charge < -0.3 is 14.6 Å². The van der Waals surface area contributed by atoms with Gasteiger partial charge in [0.25, 0.3) is 11.5 Å². The summed E-state index contributed by atoms with van der Waals surface area (Å²) in [4.78, 5) is 39.8. The number of hydrogen-bond donors (Lipinski definition) is 1. The SMILES string of the molecule is COC(=O)CN(C(=O)c1c(C)cc(C)[nH]c1=O)C(C)C. The number of aromatic nitrogens is 1. The lowest BCUT2D eigenvalue weighted by atomic mass is 10.1. The van der Waals surface area contributed by atoms with Gasteiger partial charge in [0, 0.05) is 11.7 Å². The van der Waals surface area contributed by atoms with Crippen LogP contribution in [0.2, 0.25) is 0 Å². The molecule has 0 saturated carbocycles. The number of methoxy groups -OCH3 is 1. The number of nitrogens with zero attached hydrogens (tertiary/aromatic N) is 1. The maximum Gasteiger partial charge on any atom is 0.325 e. The smallest absolute Gasteiger partial charge is 0.325 e. The van der Waals surface area contributed by atoms with Gasteiger partial charge in [0.2, 0.25) is 0 Å². The number of nitrogens with one attached hydrogen (secondary N) is 1. The van der Waals surface area contributed by atoms with Crippen LogP contribution in [-0.2, 0) is 9.53 Å². The first-order valence-electron chi connectivity index (χ1n) is 6.36. The number of carbonyl (C=O) groups excluding carboxylic acids is 2. The maximum absolute atomic E-state index is 12.5. The van der Waals surface area contributed by atoms with E-state index in [2.05, 4.69) is 9.72 Å². The molecule has 20 heavy (non-hydrogen) atoms. The number of aryl methyl sites for hydroxylation is 2. The molecule has 6 nitrogen and oxygen atoms in total. The Morgan fingerprint density at radius 1 is 1.35 bits per heavy atom. The molecule has 0 bridgehead atoms. The van der Waals surface area contributed by atoms with Crippen molar-refractivity contribution in [2.24, 2.45) is 0 Å². The third-order valence-electron chi connectivity index (χ3n) is 2.99. The summed E-state index contributed by atoms with van der Waals surface area (Å²) in [6, 6.07) is 1.51. The molecule has 1 amide bonds. The molecule has 0 unspecified atom stereocenters. The summed E-state index contributed by atoms with van der Waals surface area (Å²) >= 11 is 0. The van der Waals surface area contributed by atoms with Gasteiger partial charge in [-0.15, -0.1) is 0 Å². The molecule has 0 atom stereocenters. The number of aromatic amines is 1. The van der Waals surface area contributed by atoms with Gasteiger partial charge in [-0.05, 0) is 39.3 Å². The van der Waals surface area contributed by atoms with Crippen LogP contribution < -0.4 is 5.56 Å². The number of amides is 1. The number of esters is 1. The van der Waals surface area contributed by atoms with Crippen LogP contribution in [0.5, 0.6) is 0 Å². The number of ether oxygens (including phenoxy) is 1. The second-order valence-electron chi connectivity index (χ2n) is 4.94. The Bertz CT molecular complexity index is 575. The van der Waals surface area contributed by atoms with Crippen LogP contribution in [0.4, 0.5) is 0 Å². The van der Waals surface area contributed by atoms with Crippen LogP contribution in [0.1, 0.15) is 35.5 Å². The van der Waals surface area contributed by atoms with Gasteiger partial charge in [-0.3, -0.25) is 14.4 Å². The lowest BCUT2D eigenvalue weighted by Crippen LogP contribution is -2.43. The van der Waals surface area contributed by atoms with Crippen LogP contribution in [0.3, 0.4) is 0 Å². The molecule has 1 aromatic rings. The van der Waals surface area contributed by atoms with E-state index in [0.717, 1.165) is 0 Å². The summed E-state index contributed by atoms with van der Waals surface area (Å²) < 4.78 is 4.58. The average Bonchev–Trinajstić information content (AvgIpc) is 2.33. The minimum absolute atomic E-state index is 0.0632. The molecular formula is C14H20N2O4. The van der Waals surface area contributed by atoms with Crippen molar-refractivity contribution >= 4 is 11.9 Å². The van der Waals surface area contributed by atoms with Gasteiger partial charge in [-0.1, -0.05) is 0 Å². The van der Waals surface area contributed by atoms with Crippen LogP contribution in [-0.4, -0.2) is 41.5 Å². The number of pyridine rings is 1. The summed E-state index contributed by atoms with van der Waals surface area (Å²) in [5.74, 6) is -0.989. The van der Waals surface area contributed by atoms with Crippen molar-refractivity contribution in [3.63, 3.8) is 0 Å². The number of rotatable bonds is 4. The largest absolute Gasteiger partial charge is 0.468 e. The van der Waals surface area contributed by atoms with E-state index in [1.54, 1.807) is 33.8 Å². The predicted molar refractivity (Wildman–Crippen MR) is 74.7 cm³/mol. The summed E-state index contributed by atoms with van der Waals surface area (Å²) in [6.45, 7) is 6.82. The van der Waals surface area contributed by atoms with Gasteiger partial charge in [-0.25, -0.2) is 0 Å². The first-order valence-corrected chi connectivity index (χ1v) is 6.36. The highest BCUT2D eigenvalue weighted by atomic mass is 16.5. The molecule has 1 N–H and O–H groups in total. The average molecular weight is 280 g/mol. The van der Waals surface area contributed by atoms with Crippen molar-refractivity contribution in [3.8, 4) is 0 Å². The summed E-state index contributed by atoms with van der Waals surface area (Å²) in [7, 11) is 1.26. The fourth-order valence-corrected chi connectivity index (χ4v) is 1.96. The quantitative estimate of drug-likeness (QED) is 0.835. The van der Waals surface area contributed by atoms with E-state index in [1.165, 1.54) is 12.0 Å². The Hall–Kier alpha value is -2.11. The number of hydrogen-bond acceptors (Lipinski definition) is 4. The molecule has 0 aliphatic carbocycles. The highest BCUT2D eigenvalue weighted by Crippen LogP contribution is 2.10. The normalized spacial score (nSPS) is 10.5. The Morgan fingerprint density at radius 2 is 1.95 bits per heavy atom. The van der Waals surface area contributed by atoms with E-state index in [1.807, 2.05) is 0 Å². The first kappa shape index (κ1) is 15.9. The minimum Gasteiger partial charge on any atom is -0.468 e. The van der Waals surface area contributed by atoms with Crippen molar-refractivity contribution < 1.29 is 14.3 Å². The van der Waals surface area contributed by atoms with Crippen LogP contribution in [0.25, 0.3) is 0 Å². The highest BCUT2D eigenvalue weighted by Gasteiger charge is 2.25. The fraction of sp³-hybridized carbons (Fsp3) is 0.500. The Balaban J connectivity index is 3.20. The maximum atomic E-state index is 12.5. The Morgan fingerprint density at radius 3 is 2.40 bits per heavy atom. The van der Waals surface area contributed by atoms with E-state index in [0.29, 0.717) is 11.3 Å². The topological polar surface area (TPSA) is 79.5 Å². The molecule has 0 aromatic carbocycles. The second kappa shape index (κ2) is 6.36. The van der Waals surface area contributed by atoms with Crippen LogP contribution >= 0.6 is 0 Å². The summed E-state index contributed by atoms with van der Waals surface area (Å²) in [5, 5.41) is 0. The second-order valence-corrected chi connectivity index (χ2v) is 4.94. The molecule has 110 valence electrons. The zero-order chi connectivity index (χ0) is 15.4. The first-order chi connectivity index (χ1) is 9.27. The van der Waals surface area contributed by atoms with Crippen LogP contribution in [0.15, 0.2) is 10.9 Å². The third-order valence-corrected chi connectivity index (χ3v) is 2.99. The molecule has 6 heteroatoms. The standard InChI is InChI=1S/C14H20N2O4/c1-8(2)16(7-11(17)20-5)14(19)12-9(3)6-10(4)15-13(12)18/h6,8H,7H2,1-5H3,(H,15,18). The number of H-pyrrole nitrogens is 1. The molecule has 0 spiro atoms. The van der Waals surface area contributed by atoms with E-state index in [4.69, 9.17) is 0 Å². The molecular weight excluding hydrogens is 260 g/mol. The fourth-order valence-electron chi connectivity index (χ4n) is 1.96. The lowest BCUT2D eigenvalue weighted by Gasteiger charge is -2.25. The Kier molecular flexibility index (Phi) is 5.07. The molecule has 0 saturated heterocycles. The molecule has 0 fully saturated rings. The third kappa shape index (κ3) is 3.46. The van der Waals surface area contributed by atoms with Gasteiger partial charge >= 0.3 is 5.97 Å². The molecule has 0 radical (unpaired) electrons. The van der Waals surface area contributed by atoms with Crippen molar-refractivity contribution in [1.29, 1.82) is 0 Å². The van der Waals surface area contributed by atoms with E-state index in [9.17, 15) is 14.4 Å². The van der Waals surface area contributed by atoms with E-state index in [-0.39, 0.29) is 18.2 Å². The van der Waals surface area contributed by atoms with Gasteiger partial charge in [0.1, 0.15) is 12.1 Å².